The van der Waals surface area contributed by atoms with Crippen LogP contribution in [-0.2, 0) is 10.0 Å². The van der Waals surface area contributed by atoms with Gasteiger partial charge in [-0.05, 0) is 18.2 Å². The summed E-state index contributed by atoms with van der Waals surface area (Å²) >= 11 is 0. The van der Waals surface area contributed by atoms with Gasteiger partial charge < -0.3 is 0 Å². The molecule has 2 aromatic heterocycles. The van der Waals surface area contributed by atoms with E-state index in [2.05, 4.69) is 19.9 Å². The van der Waals surface area contributed by atoms with E-state index in [4.69, 9.17) is 5.26 Å². The highest BCUT2D eigenvalue weighted by molar-refractivity contribution is 7.92. The largest absolute Gasteiger partial charge is 0.268 e. The number of sulfonamides is 1. The molecule has 0 amide bonds. The monoisotopic (exact) mass is 277 g/mol. The van der Waals surface area contributed by atoms with Crippen molar-refractivity contribution in [3.63, 3.8) is 0 Å². The van der Waals surface area contributed by atoms with Crippen molar-refractivity contribution in [2.45, 2.75) is 4.90 Å². The molecule has 2 aromatic rings. The van der Waals surface area contributed by atoms with Crippen molar-refractivity contribution in [3.05, 3.63) is 46.5 Å². The molecule has 0 atom stereocenters. The van der Waals surface area contributed by atoms with Crippen molar-refractivity contribution in [1.82, 2.24) is 15.2 Å². The molecule has 0 saturated carbocycles. The first-order valence-corrected chi connectivity index (χ1v) is 6.45. The number of nitriles is 1. The van der Waals surface area contributed by atoms with Crippen molar-refractivity contribution in [2.75, 3.05) is 4.72 Å². The minimum atomic E-state index is -3.99. The Morgan fingerprint density at radius 1 is 1.32 bits per heavy atom. The third-order valence-electron chi connectivity index (χ3n) is 2.08. The van der Waals surface area contributed by atoms with Gasteiger partial charge in [-0.15, -0.1) is 0 Å². The molecule has 0 aliphatic heterocycles. The van der Waals surface area contributed by atoms with E-state index in [0.29, 0.717) is 0 Å². The summed E-state index contributed by atoms with van der Waals surface area (Å²) in [6.45, 7) is 0. The zero-order valence-electron chi connectivity index (χ0n) is 9.36. The number of nitrogens with zero attached hydrogens (tertiary/aromatic N) is 3. The Bertz CT molecular complexity index is 786. The fourth-order valence-corrected chi connectivity index (χ4v) is 2.39. The Kier molecular flexibility index (Phi) is 3.26. The summed E-state index contributed by atoms with van der Waals surface area (Å²) in [6.07, 6.45) is 1.32. The molecule has 8 nitrogen and oxygen atoms in total. The zero-order chi connectivity index (χ0) is 13.9. The van der Waals surface area contributed by atoms with Gasteiger partial charge >= 0.3 is 0 Å². The summed E-state index contributed by atoms with van der Waals surface area (Å²) in [5.74, 6) is -0.0626. The van der Waals surface area contributed by atoms with Gasteiger partial charge in [0.15, 0.2) is 11.5 Å². The topological polar surface area (TPSA) is 129 Å². The molecule has 0 unspecified atom stereocenters. The summed E-state index contributed by atoms with van der Waals surface area (Å²) in [6, 6.07) is 6.67. The van der Waals surface area contributed by atoms with E-state index in [1.807, 2.05) is 0 Å². The second-order valence-electron chi connectivity index (χ2n) is 3.37. The molecule has 19 heavy (non-hydrogen) atoms. The number of H-pyrrole nitrogens is 1. The van der Waals surface area contributed by atoms with Gasteiger partial charge in [0, 0.05) is 12.3 Å². The Hall–Kier alpha value is -2.73. The minimum Gasteiger partial charge on any atom is -0.268 e. The fraction of sp³-hybridized carbons (Fsp3) is 0. The van der Waals surface area contributed by atoms with E-state index >= 15 is 0 Å². The predicted octanol–water partition coefficient (Wildman–Crippen LogP) is -0.163. The van der Waals surface area contributed by atoms with Gasteiger partial charge in [0.2, 0.25) is 0 Å². The maximum absolute atomic E-state index is 12.0. The van der Waals surface area contributed by atoms with Crippen molar-refractivity contribution in [3.8, 4) is 6.07 Å². The maximum Gasteiger partial charge on any atom is 0.265 e. The van der Waals surface area contributed by atoms with Crippen molar-refractivity contribution < 1.29 is 8.42 Å². The molecule has 0 aliphatic carbocycles. The fourth-order valence-electron chi connectivity index (χ4n) is 1.29. The van der Waals surface area contributed by atoms with Crippen molar-refractivity contribution in [1.29, 1.82) is 5.26 Å². The van der Waals surface area contributed by atoms with Crippen LogP contribution in [0, 0.1) is 11.3 Å². The highest BCUT2D eigenvalue weighted by Gasteiger charge is 2.19. The number of pyridine rings is 1. The molecule has 2 N–H and O–H groups in total. The van der Waals surface area contributed by atoms with Gasteiger partial charge in [-0.3, -0.25) is 9.52 Å². The number of hydrogen-bond donors (Lipinski definition) is 2. The molecule has 96 valence electrons. The Morgan fingerprint density at radius 3 is 2.74 bits per heavy atom. The van der Waals surface area contributed by atoms with Crippen LogP contribution < -0.4 is 10.3 Å². The smallest absolute Gasteiger partial charge is 0.265 e. The lowest BCUT2D eigenvalue weighted by Gasteiger charge is -2.06. The maximum atomic E-state index is 12.0. The zero-order valence-corrected chi connectivity index (χ0v) is 10.2. The van der Waals surface area contributed by atoms with Gasteiger partial charge in [-0.2, -0.15) is 10.4 Å². The number of aromatic amines is 1. The van der Waals surface area contributed by atoms with Crippen LogP contribution in [0.3, 0.4) is 0 Å². The number of nitrogens with one attached hydrogen (secondary N) is 2. The van der Waals surface area contributed by atoms with Crippen molar-refractivity contribution in [2.24, 2.45) is 0 Å². The second kappa shape index (κ2) is 4.87. The van der Waals surface area contributed by atoms with Gasteiger partial charge in [0.1, 0.15) is 11.0 Å². The van der Waals surface area contributed by atoms with Crippen LogP contribution in [-0.4, -0.2) is 23.6 Å². The summed E-state index contributed by atoms with van der Waals surface area (Å²) in [5, 5.41) is 14.4. The highest BCUT2D eigenvalue weighted by atomic mass is 32.2. The van der Waals surface area contributed by atoms with E-state index in [1.54, 1.807) is 6.07 Å². The van der Waals surface area contributed by atoms with Crippen LogP contribution in [0.1, 0.15) is 5.69 Å². The number of anilines is 1. The molecule has 0 bridgehead atoms. The first kappa shape index (κ1) is 12.7. The van der Waals surface area contributed by atoms with Gasteiger partial charge in [0.25, 0.3) is 15.6 Å². The number of hydrogen-bond acceptors (Lipinski definition) is 6. The van der Waals surface area contributed by atoms with Crippen LogP contribution >= 0.6 is 0 Å². The average Bonchev–Trinajstić information content (AvgIpc) is 2.41. The molecule has 0 aliphatic rings. The summed E-state index contributed by atoms with van der Waals surface area (Å²) in [5.41, 5.74) is -0.679. The summed E-state index contributed by atoms with van der Waals surface area (Å²) < 4.78 is 26.2. The number of rotatable bonds is 3. The van der Waals surface area contributed by atoms with Gasteiger partial charge in [-0.25, -0.2) is 18.5 Å². The third-order valence-corrected chi connectivity index (χ3v) is 3.47. The SMILES string of the molecule is N#Cc1ncccc1S(=O)(=O)Nc1ccc(=O)[nH]n1. The molecular weight excluding hydrogens is 270 g/mol. The lowest BCUT2D eigenvalue weighted by atomic mass is 10.4. The molecule has 2 heterocycles. The van der Waals surface area contributed by atoms with Crippen LogP contribution in [0.15, 0.2) is 40.2 Å². The van der Waals surface area contributed by atoms with Crippen LogP contribution in [0.2, 0.25) is 0 Å². The standard InChI is InChI=1S/C10H7N5O3S/c11-6-7-8(2-1-5-12-7)19(17,18)15-9-3-4-10(16)14-13-9/h1-5H,(H,13,15)(H,14,16). The molecule has 2 rings (SSSR count). The molecule has 0 spiro atoms. The first-order valence-electron chi connectivity index (χ1n) is 4.96. The van der Waals surface area contributed by atoms with E-state index in [0.717, 1.165) is 6.07 Å². The van der Waals surface area contributed by atoms with E-state index in [9.17, 15) is 13.2 Å². The van der Waals surface area contributed by atoms with Gasteiger partial charge in [0.05, 0.1) is 0 Å². The average molecular weight is 277 g/mol. The van der Waals surface area contributed by atoms with E-state index in [1.165, 1.54) is 24.4 Å². The molecule has 9 heteroatoms. The van der Waals surface area contributed by atoms with E-state index < -0.39 is 15.6 Å². The Morgan fingerprint density at radius 2 is 2.11 bits per heavy atom. The Balaban J connectivity index is 2.41. The highest BCUT2D eigenvalue weighted by Crippen LogP contribution is 2.15. The first-order chi connectivity index (χ1) is 9.03. The Labute approximate surface area is 107 Å². The normalized spacial score (nSPS) is 10.7. The van der Waals surface area contributed by atoms with Crippen molar-refractivity contribution >= 4 is 15.8 Å². The van der Waals surface area contributed by atoms with Crippen LogP contribution in [0.4, 0.5) is 5.82 Å². The molecule has 0 saturated heterocycles. The molecular formula is C10H7N5O3S. The van der Waals surface area contributed by atoms with E-state index in [-0.39, 0.29) is 16.4 Å². The summed E-state index contributed by atoms with van der Waals surface area (Å²) in [4.78, 5) is 14.2. The predicted molar refractivity (Wildman–Crippen MR) is 64.6 cm³/mol. The third kappa shape index (κ3) is 2.75. The lowest BCUT2D eigenvalue weighted by Crippen LogP contribution is -2.17. The second-order valence-corrected chi connectivity index (χ2v) is 5.02. The number of aromatic nitrogens is 3. The van der Waals surface area contributed by atoms with Crippen LogP contribution in [0.25, 0.3) is 0 Å². The molecule has 0 radical (unpaired) electrons. The quantitative estimate of drug-likeness (QED) is 0.801. The lowest BCUT2D eigenvalue weighted by molar-refractivity contribution is 0.600. The van der Waals surface area contributed by atoms with Crippen LogP contribution in [0.5, 0.6) is 0 Å². The molecule has 0 aromatic carbocycles. The minimum absolute atomic E-state index is 0.0626. The van der Waals surface area contributed by atoms with Gasteiger partial charge in [-0.1, -0.05) is 0 Å². The summed E-state index contributed by atoms with van der Waals surface area (Å²) in [7, 11) is -3.99. The molecule has 0 fully saturated rings.